The zero-order chi connectivity index (χ0) is 17.6. The van der Waals surface area contributed by atoms with Gasteiger partial charge in [-0.25, -0.2) is 5.10 Å². The summed E-state index contributed by atoms with van der Waals surface area (Å²) in [4.78, 5) is 0. The summed E-state index contributed by atoms with van der Waals surface area (Å²) in [6.07, 6.45) is -0.145. The summed E-state index contributed by atoms with van der Waals surface area (Å²) in [6, 6.07) is 6.89. The molecule has 0 aliphatic carbocycles. The van der Waals surface area contributed by atoms with E-state index in [-0.39, 0.29) is 4.77 Å². The highest BCUT2D eigenvalue weighted by molar-refractivity contribution is 7.71. The lowest BCUT2D eigenvalue weighted by Crippen LogP contribution is -2.12. The Kier molecular flexibility index (Phi) is 6.13. The van der Waals surface area contributed by atoms with Crippen LogP contribution in [0.2, 0.25) is 0 Å². The van der Waals surface area contributed by atoms with Crippen molar-refractivity contribution in [3.63, 3.8) is 0 Å². The minimum atomic E-state index is -4.64. The van der Waals surface area contributed by atoms with Crippen molar-refractivity contribution in [2.24, 2.45) is 5.10 Å². The summed E-state index contributed by atoms with van der Waals surface area (Å²) in [5.41, 5.74) is 0.618. The first-order chi connectivity index (χ1) is 11.4. The highest BCUT2D eigenvalue weighted by Crippen LogP contribution is 2.27. The topological polar surface area (TPSA) is 55.2 Å². The molecule has 0 amide bonds. The third-order valence-electron chi connectivity index (χ3n) is 3.12. The number of aromatic nitrogens is 3. The quantitative estimate of drug-likeness (QED) is 0.453. The summed E-state index contributed by atoms with van der Waals surface area (Å²) < 4.78 is 44.2. The zero-order valence-corrected chi connectivity index (χ0v) is 13.8. The average molecular weight is 358 g/mol. The van der Waals surface area contributed by atoms with Crippen molar-refractivity contribution in [3.8, 4) is 5.75 Å². The van der Waals surface area contributed by atoms with Gasteiger partial charge in [0.2, 0.25) is 4.77 Å². The van der Waals surface area contributed by atoms with Crippen molar-refractivity contribution < 1.29 is 17.9 Å². The zero-order valence-electron chi connectivity index (χ0n) is 13.0. The Morgan fingerprint density at radius 1 is 1.29 bits per heavy atom. The second kappa shape index (κ2) is 8.09. The Labute approximate surface area is 142 Å². The largest absolute Gasteiger partial charge is 0.494 e. The van der Waals surface area contributed by atoms with Gasteiger partial charge in [-0.05, 0) is 48.5 Å². The molecule has 0 aliphatic heterocycles. The number of unbranched alkanes of at least 4 members (excludes halogenated alkanes) is 2. The predicted molar refractivity (Wildman–Crippen MR) is 86.9 cm³/mol. The van der Waals surface area contributed by atoms with E-state index in [0.29, 0.717) is 22.6 Å². The summed E-state index contributed by atoms with van der Waals surface area (Å²) in [5.74, 6) is -0.487. The summed E-state index contributed by atoms with van der Waals surface area (Å²) in [7, 11) is 0. The molecule has 0 atom stereocenters. The fraction of sp³-hybridized carbons (Fsp3) is 0.400. The van der Waals surface area contributed by atoms with E-state index in [2.05, 4.69) is 22.2 Å². The maximum Gasteiger partial charge on any atom is 0.453 e. The minimum absolute atomic E-state index is 0.227. The van der Waals surface area contributed by atoms with Gasteiger partial charge < -0.3 is 4.74 Å². The maximum absolute atomic E-state index is 12.8. The molecule has 0 radical (unpaired) electrons. The lowest BCUT2D eigenvalue weighted by molar-refractivity contribution is -0.147. The molecule has 0 fully saturated rings. The van der Waals surface area contributed by atoms with E-state index < -0.39 is 12.0 Å². The first-order valence-corrected chi connectivity index (χ1v) is 7.84. The molecule has 130 valence electrons. The molecule has 0 bridgehead atoms. The van der Waals surface area contributed by atoms with Crippen molar-refractivity contribution in [2.45, 2.75) is 32.4 Å². The van der Waals surface area contributed by atoms with E-state index in [9.17, 15) is 13.2 Å². The van der Waals surface area contributed by atoms with E-state index >= 15 is 0 Å². The molecule has 0 saturated carbocycles. The number of ether oxygens (including phenoxy) is 1. The Balaban J connectivity index is 2.05. The van der Waals surface area contributed by atoms with Crippen LogP contribution in [0.15, 0.2) is 29.4 Å². The molecule has 24 heavy (non-hydrogen) atoms. The first-order valence-electron chi connectivity index (χ1n) is 7.43. The van der Waals surface area contributed by atoms with E-state index in [0.717, 1.165) is 19.3 Å². The highest BCUT2D eigenvalue weighted by atomic mass is 32.1. The molecular weight excluding hydrogens is 341 g/mol. The third kappa shape index (κ3) is 4.92. The highest BCUT2D eigenvalue weighted by Gasteiger charge is 2.37. The number of alkyl halides is 3. The van der Waals surface area contributed by atoms with Gasteiger partial charge in [0.15, 0.2) is 0 Å². The van der Waals surface area contributed by atoms with Crippen LogP contribution in [0.3, 0.4) is 0 Å². The molecule has 0 aliphatic rings. The smallest absolute Gasteiger partial charge is 0.453 e. The monoisotopic (exact) mass is 358 g/mol. The van der Waals surface area contributed by atoms with Crippen LogP contribution in [-0.4, -0.2) is 27.7 Å². The van der Waals surface area contributed by atoms with Crippen LogP contribution in [-0.2, 0) is 6.18 Å². The minimum Gasteiger partial charge on any atom is -0.494 e. The summed E-state index contributed by atoms with van der Waals surface area (Å²) in [5, 5.41) is 8.99. The number of nitrogens with zero attached hydrogens (tertiary/aromatic N) is 3. The fourth-order valence-electron chi connectivity index (χ4n) is 1.90. The van der Waals surface area contributed by atoms with Gasteiger partial charge >= 0.3 is 6.18 Å². The molecule has 5 nitrogen and oxygen atoms in total. The van der Waals surface area contributed by atoms with Gasteiger partial charge in [-0.2, -0.15) is 22.9 Å². The van der Waals surface area contributed by atoms with Crippen molar-refractivity contribution in [3.05, 3.63) is 40.4 Å². The number of nitrogens with one attached hydrogen (secondary N) is 1. The molecule has 1 aromatic heterocycles. The van der Waals surface area contributed by atoms with Crippen LogP contribution in [0.5, 0.6) is 5.75 Å². The van der Waals surface area contributed by atoms with E-state index in [1.165, 1.54) is 6.21 Å². The fourth-order valence-corrected chi connectivity index (χ4v) is 2.08. The Hall–Kier alpha value is -2.16. The SMILES string of the molecule is CCCCCOc1ccc(/C=N\n2c(C(F)(F)F)n[nH]c2=S)cc1. The number of hydrogen-bond donors (Lipinski definition) is 1. The molecule has 9 heteroatoms. The van der Waals surface area contributed by atoms with Crippen molar-refractivity contribution in [1.82, 2.24) is 14.9 Å². The lowest BCUT2D eigenvalue weighted by Gasteiger charge is -2.06. The van der Waals surface area contributed by atoms with Gasteiger partial charge in [0.25, 0.3) is 5.82 Å². The molecular formula is C15H17F3N4OS. The van der Waals surface area contributed by atoms with E-state index in [4.69, 9.17) is 17.0 Å². The van der Waals surface area contributed by atoms with Gasteiger partial charge in [-0.3, -0.25) is 0 Å². The van der Waals surface area contributed by atoms with Crippen LogP contribution in [0.25, 0.3) is 0 Å². The van der Waals surface area contributed by atoms with Crippen molar-refractivity contribution in [2.75, 3.05) is 6.61 Å². The van der Waals surface area contributed by atoms with Crippen LogP contribution in [0, 0.1) is 4.77 Å². The van der Waals surface area contributed by atoms with E-state index in [1.54, 1.807) is 24.3 Å². The summed E-state index contributed by atoms with van der Waals surface area (Å²) >= 11 is 4.76. The van der Waals surface area contributed by atoms with Crippen LogP contribution in [0.1, 0.15) is 37.6 Å². The maximum atomic E-state index is 12.8. The van der Waals surface area contributed by atoms with Crippen LogP contribution in [0.4, 0.5) is 13.2 Å². The van der Waals surface area contributed by atoms with Crippen LogP contribution >= 0.6 is 12.2 Å². The average Bonchev–Trinajstić information content (AvgIpc) is 2.92. The third-order valence-corrected chi connectivity index (χ3v) is 3.39. The number of benzene rings is 1. The Bertz CT molecular complexity index is 734. The number of hydrogen-bond acceptors (Lipinski definition) is 4. The number of aromatic amines is 1. The van der Waals surface area contributed by atoms with Gasteiger partial charge in [0.1, 0.15) is 5.75 Å². The summed E-state index contributed by atoms with van der Waals surface area (Å²) in [6.45, 7) is 2.75. The van der Waals surface area contributed by atoms with Gasteiger partial charge in [0.05, 0.1) is 12.8 Å². The van der Waals surface area contributed by atoms with E-state index in [1.807, 2.05) is 0 Å². The number of halogens is 3. The molecule has 2 aromatic rings. The molecule has 1 heterocycles. The molecule has 2 rings (SSSR count). The van der Waals surface area contributed by atoms with Crippen LogP contribution < -0.4 is 4.74 Å². The lowest BCUT2D eigenvalue weighted by atomic mass is 10.2. The first kappa shape index (κ1) is 18.2. The molecule has 1 N–H and O–H groups in total. The second-order valence-electron chi connectivity index (χ2n) is 5.03. The Morgan fingerprint density at radius 3 is 2.62 bits per heavy atom. The van der Waals surface area contributed by atoms with Gasteiger partial charge in [-0.1, -0.05) is 19.8 Å². The second-order valence-corrected chi connectivity index (χ2v) is 5.42. The van der Waals surface area contributed by atoms with Crippen molar-refractivity contribution in [1.29, 1.82) is 0 Å². The van der Waals surface area contributed by atoms with Gasteiger partial charge in [0, 0.05) is 0 Å². The number of rotatable bonds is 7. The van der Waals surface area contributed by atoms with Gasteiger partial charge in [-0.15, -0.1) is 5.10 Å². The normalized spacial score (nSPS) is 12.0. The Morgan fingerprint density at radius 2 is 2.00 bits per heavy atom. The standard InChI is InChI=1S/C15H17F3N4OS/c1-2-3-4-9-23-12-7-5-11(6-8-12)10-19-22-13(15(16,17)18)20-21-14(22)24/h5-8,10H,2-4,9H2,1H3,(H,21,24)/b19-10-. The molecule has 0 saturated heterocycles. The molecule has 0 unspecified atom stereocenters. The molecule has 0 spiro atoms. The van der Waals surface area contributed by atoms with Crippen molar-refractivity contribution >= 4 is 18.4 Å². The number of H-pyrrole nitrogens is 1. The molecule has 1 aromatic carbocycles. The predicted octanol–water partition coefficient (Wildman–Crippen LogP) is 4.41.